The van der Waals surface area contributed by atoms with E-state index in [0.717, 1.165) is 29.5 Å². The molecule has 0 unspecified atom stereocenters. The first-order valence-electron chi connectivity index (χ1n) is 13.3. The van der Waals surface area contributed by atoms with Gasteiger partial charge in [-0.15, -0.1) is 0 Å². The molecule has 3 saturated heterocycles. The number of piperidine rings is 1. The van der Waals surface area contributed by atoms with Crippen LogP contribution in [0.2, 0.25) is 5.02 Å². The van der Waals surface area contributed by atoms with Crippen molar-refractivity contribution in [3.8, 4) is 16.9 Å². The van der Waals surface area contributed by atoms with Gasteiger partial charge < -0.3 is 14.6 Å². The maximum absolute atomic E-state index is 13.6. The number of rotatable bonds is 5. The molecule has 13 heteroatoms. The van der Waals surface area contributed by atoms with Gasteiger partial charge in [-0.1, -0.05) is 35.9 Å². The van der Waals surface area contributed by atoms with Gasteiger partial charge in [0.25, 0.3) is 0 Å². The van der Waals surface area contributed by atoms with Crippen molar-refractivity contribution in [3.05, 3.63) is 53.1 Å². The predicted octanol–water partition coefficient (Wildman–Crippen LogP) is 4.72. The molecule has 2 aromatic carbocycles. The van der Waals surface area contributed by atoms with E-state index in [1.165, 1.54) is 12.0 Å². The van der Waals surface area contributed by atoms with E-state index in [1.54, 1.807) is 14.0 Å². The molecule has 3 aliphatic heterocycles. The molecule has 2 amide bonds. The zero-order valence-electron chi connectivity index (χ0n) is 23.1. The first-order chi connectivity index (χ1) is 19.8. The van der Waals surface area contributed by atoms with Crippen LogP contribution in [0.4, 0.5) is 13.2 Å². The highest BCUT2D eigenvalue weighted by atomic mass is 35.5. The lowest BCUT2D eigenvalue weighted by Gasteiger charge is -2.44. The fourth-order valence-corrected chi connectivity index (χ4v) is 6.70. The Morgan fingerprint density at radius 1 is 1.10 bits per heavy atom. The van der Waals surface area contributed by atoms with Crippen LogP contribution in [0.3, 0.4) is 0 Å². The number of esters is 1. The van der Waals surface area contributed by atoms with Crippen molar-refractivity contribution in [2.45, 2.75) is 43.9 Å². The highest BCUT2D eigenvalue weighted by Crippen LogP contribution is 2.58. The largest absolute Gasteiger partial charge is 0.496 e. The highest BCUT2D eigenvalue weighted by molar-refractivity contribution is 6.30. The summed E-state index contributed by atoms with van der Waals surface area (Å²) in [7, 11) is 2.96. The number of aliphatic carboxylic acids is 1. The number of fused-ring (bicyclic) bond motifs is 3. The van der Waals surface area contributed by atoms with E-state index in [4.69, 9.17) is 31.0 Å². The highest BCUT2D eigenvalue weighted by Gasteiger charge is 2.72. The molecule has 0 spiro atoms. The van der Waals surface area contributed by atoms with Crippen molar-refractivity contribution in [3.63, 3.8) is 0 Å². The number of carbonyl (C=O) groups excluding carboxylic acids is 3. The number of carboxylic acids is 1. The van der Waals surface area contributed by atoms with E-state index >= 15 is 0 Å². The third-order valence-corrected chi connectivity index (χ3v) is 8.39. The zero-order valence-corrected chi connectivity index (χ0v) is 23.9. The number of likely N-dealkylation sites (tertiary alicyclic amines) is 1. The van der Waals surface area contributed by atoms with Gasteiger partial charge >= 0.3 is 18.1 Å². The smallest absolute Gasteiger partial charge is 0.490 e. The Labute approximate surface area is 245 Å². The Morgan fingerprint density at radius 3 is 2.36 bits per heavy atom. The third kappa shape index (κ3) is 5.22. The summed E-state index contributed by atoms with van der Waals surface area (Å²) in [5.74, 6) is -4.46. The SMILES string of the molecule is CCN1C(=O)[C@H]2[C@@H](c3ccc(-c4cccc(Cl)c4)c(OC)c3)N3CCCC[C@@]3(C(=O)OC)[C@H]2C1=O.O=C(O)C(F)(F)F. The summed E-state index contributed by atoms with van der Waals surface area (Å²) < 4.78 is 42.8. The molecule has 5 rings (SSSR count). The Hall–Kier alpha value is -3.64. The molecule has 1 N–H and O–H groups in total. The van der Waals surface area contributed by atoms with Crippen LogP contribution in [0.25, 0.3) is 11.1 Å². The second-order valence-corrected chi connectivity index (χ2v) is 10.6. The average Bonchev–Trinajstić information content (AvgIpc) is 3.41. The van der Waals surface area contributed by atoms with Gasteiger partial charge in [-0.3, -0.25) is 24.2 Å². The molecule has 4 atom stereocenters. The third-order valence-electron chi connectivity index (χ3n) is 8.15. The molecule has 0 aromatic heterocycles. The van der Waals surface area contributed by atoms with Gasteiger partial charge in [0, 0.05) is 23.2 Å². The number of alkyl halides is 3. The number of ether oxygens (including phenoxy) is 2. The normalized spacial score (nSPS) is 25.3. The summed E-state index contributed by atoms with van der Waals surface area (Å²) in [6.45, 7) is 2.68. The summed E-state index contributed by atoms with van der Waals surface area (Å²) in [6.07, 6.45) is -2.91. The molecule has 226 valence electrons. The molecule has 42 heavy (non-hydrogen) atoms. The number of methoxy groups -OCH3 is 2. The Bertz CT molecular complexity index is 1400. The summed E-state index contributed by atoms with van der Waals surface area (Å²) in [5, 5.41) is 7.75. The number of imide groups is 1. The zero-order chi connectivity index (χ0) is 31.0. The van der Waals surface area contributed by atoms with Crippen molar-refractivity contribution in [1.29, 1.82) is 0 Å². The van der Waals surface area contributed by atoms with Crippen LogP contribution in [0.15, 0.2) is 42.5 Å². The van der Waals surface area contributed by atoms with E-state index in [0.29, 0.717) is 23.7 Å². The van der Waals surface area contributed by atoms with Crippen LogP contribution < -0.4 is 4.74 Å². The monoisotopic (exact) mass is 610 g/mol. The fraction of sp³-hybridized carbons (Fsp3) is 0.448. The number of hydrogen-bond acceptors (Lipinski definition) is 7. The second-order valence-electron chi connectivity index (χ2n) is 10.2. The van der Waals surface area contributed by atoms with Crippen molar-refractivity contribution in [2.24, 2.45) is 11.8 Å². The van der Waals surface area contributed by atoms with Crippen LogP contribution in [-0.2, 0) is 23.9 Å². The number of hydrogen-bond donors (Lipinski definition) is 1. The van der Waals surface area contributed by atoms with Crippen molar-refractivity contribution in [2.75, 3.05) is 27.3 Å². The molecule has 3 heterocycles. The minimum atomic E-state index is -5.08. The second kappa shape index (κ2) is 11.9. The van der Waals surface area contributed by atoms with Gasteiger partial charge in [-0.2, -0.15) is 13.2 Å². The minimum Gasteiger partial charge on any atom is -0.496 e. The molecule has 0 bridgehead atoms. The molecule has 0 saturated carbocycles. The Kier molecular flexibility index (Phi) is 8.89. The number of halogens is 4. The number of nitrogens with zero attached hydrogens (tertiary/aromatic N) is 2. The van der Waals surface area contributed by atoms with Crippen molar-refractivity contribution < 1.29 is 46.9 Å². The molecular weight excluding hydrogens is 581 g/mol. The first kappa shape index (κ1) is 31.3. The van der Waals surface area contributed by atoms with Gasteiger partial charge in [0.1, 0.15) is 11.3 Å². The van der Waals surface area contributed by atoms with Gasteiger partial charge in [-0.05, 0) is 62.1 Å². The summed E-state index contributed by atoms with van der Waals surface area (Å²) in [4.78, 5) is 52.7. The number of benzene rings is 2. The number of carbonyl (C=O) groups is 4. The van der Waals surface area contributed by atoms with E-state index in [-0.39, 0.29) is 18.4 Å². The standard InChI is InChI=1S/C27H29ClN2O5.C2HF3O2/c1-4-29-24(31)21-22(25(29)32)27(26(33)35-3)12-5-6-13-30(27)23(21)17-10-11-19(20(15-17)34-2)16-8-7-9-18(28)14-16;3-2(4,5)1(6)7/h7-11,14-15,21-23H,4-6,12-13H2,1-3H3;(H,6,7)/t21-,22-,23-,27+;/m1./s1. The minimum absolute atomic E-state index is 0.219. The molecule has 2 aromatic rings. The quantitative estimate of drug-likeness (QED) is 0.382. The van der Waals surface area contributed by atoms with Gasteiger partial charge in [0.15, 0.2) is 0 Å². The topological polar surface area (TPSA) is 113 Å². The van der Waals surface area contributed by atoms with Crippen LogP contribution in [0, 0.1) is 11.8 Å². The molecule has 3 fully saturated rings. The lowest BCUT2D eigenvalue weighted by atomic mass is 9.75. The molecule has 9 nitrogen and oxygen atoms in total. The lowest BCUT2D eigenvalue weighted by Crippen LogP contribution is -2.59. The van der Waals surface area contributed by atoms with E-state index < -0.39 is 41.5 Å². The van der Waals surface area contributed by atoms with Gasteiger partial charge in [0.05, 0.1) is 26.1 Å². The maximum Gasteiger partial charge on any atom is 0.490 e. The summed E-state index contributed by atoms with van der Waals surface area (Å²) in [5.41, 5.74) is 1.48. The van der Waals surface area contributed by atoms with Crippen LogP contribution in [0.1, 0.15) is 37.8 Å². The van der Waals surface area contributed by atoms with Crippen LogP contribution in [0.5, 0.6) is 5.75 Å². The summed E-state index contributed by atoms with van der Waals surface area (Å²) >= 11 is 6.21. The maximum atomic E-state index is 13.6. The van der Waals surface area contributed by atoms with E-state index in [2.05, 4.69) is 4.90 Å². The fourth-order valence-electron chi connectivity index (χ4n) is 6.51. The number of amides is 2. The first-order valence-corrected chi connectivity index (χ1v) is 13.7. The summed E-state index contributed by atoms with van der Waals surface area (Å²) in [6, 6.07) is 12.9. The van der Waals surface area contributed by atoms with Crippen molar-refractivity contribution >= 4 is 35.4 Å². The molecule has 0 radical (unpaired) electrons. The molecule has 0 aliphatic carbocycles. The van der Waals surface area contributed by atoms with Gasteiger partial charge in [-0.25, -0.2) is 4.79 Å². The predicted molar refractivity (Wildman–Crippen MR) is 145 cm³/mol. The Balaban J connectivity index is 0.000000517. The lowest BCUT2D eigenvalue weighted by molar-refractivity contribution is -0.192. The van der Waals surface area contributed by atoms with E-state index in [9.17, 15) is 27.6 Å². The van der Waals surface area contributed by atoms with E-state index in [1.807, 2.05) is 42.5 Å². The Morgan fingerprint density at radius 2 is 1.79 bits per heavy atom. The van der Waals surface area contributed by atoms with Crippen LogP contribution >= 0.6 is 11.6 Å². The molecule has 3 aliphatic rings. The van der Waals surface area contributed by atoms with Gasteiger partial charge in [0.2, 0.25) is 11.8 Å². The van der Waals surface area contributed by atoms with Crippen LogP contribution in [-0.4, -0.2) is 77.7 Å². The van der Waals surface area contributed by atoms with Crippen molar-refractivity contribution in [1.82, 2.24) is 9.80 Å². The average molecular weight is 611 g/mol. The molecular formula is C29H30ClF3N2O7. The number of carboxylic acid groups (broad SMARTS) is 1.